The summed E-state index contributed by atoms with van der Waals surface area (Å²) in [7, 11) is 0. The van der Waals surface area contributed by atoms with Gasteiger partial charge in [-0.05, 0) is 29.3 Å². The van der Waals surface area contributed by atoms with Crippen molar-refractivity contribution in [3.8, 4) is 11.5 Å². The lowest BCUT2D eigenvalue weighted by Crippen LogP contribution is -2.46. The van der Waals surface area contributed by atoms with E-state index in [9.17, 15) is 4.79 Å². The van der Waals surface area contributed by atoms with Crippen molar-refractivity contribution < 1.29 is 14.3 Å². The monoisotopic (exact) mass is 388 g/mol. The van der Waals surface area contributed by atoms with Gasteiger partial charge < -0.3 is 9.47 Å². The van der Waals surface area contributed by atoms with E-state index >= 15 is 0 Å². The molecule has 0 aromatic heterocycles. The lowest BCUT2D eigenvalue weighted by atomic mass is 9.89. The fourth-order valence-electron chi connectivity index (χ4n) is 3.99. The van der Waals surface area contributed by atoms with E-state index in [0.29, 0.717) is 22.9 Å². The van der Waals surface area contributed by atoms with E-state index in [1.54, 1.807) is 12.1 Å². The van der Waals surface area contributed by atoms with Crippen LogP contribution >= 0.6 is 11.6 Å². The van der Waals surface area contributed by atoms with Gasteiger partial charge in [-0.1, -0.05) is 79.2 Å². The molecule has 0 spiro atoms. The van der Waals surface area contributed by atoms with E-state index in [1.165, 1.54) is 0 Å². The number of rotatable bonds is 2. The van der Waals surface area contributed by atoms with Crippen molar-refractivity contribution in [3.05, 3.63) is 83.4 Å². The quantitative estimate of drug-likeness (QED) is 0.231. The fraction of sp³-hybridized carbons (Fsp3) is 0.125. The molecule has 0 saturated carbocycles. The number of fused-ring (bicyclic) bond motifs is 6. The summed E-state index contributed by atoms with van der Waals surface area (Å²) in [5.74, 6) is 0.674. The minimum absolute atomic E-state index is 0.412. The van der Waals surface area contributed by atoms with Crippen molar-refractivity contribution in [1.82, 2.24) is 0 Å². The van der Waals surface area contributed by atoms with Gasteiger partial charge in [0.25, 0.3) is 0 Å². The second-order valence-electron chi connectivity index (χ2n) is 6.93. The van der Waals surface area contributed by atoms with Gasteiger partial charge in [-0.25, -0.2) is 4.79 Å². The highest BCUT2D eigenvalue weighted by atomic mass is 35.5. The summed E-state index contributed by atoms with van der Waals surface area (Å²) in [4.78, 5) is 13.2. The van der Waals surface area contributed by atoms with Crippen LogP contribution in [0.25, 0.3) is 21.5 Å². The number of benzene rings is 4. The Morgan fingerprint density at radius 2 is 1.32 bits per heavy atom. The predicted molar refractivity (Wildman–Crippen MR) is 111 cm³/mol. The maximum Gasteiger partial charge on any atom is 0.360 e. The molecule has 0 aliphatic carbocycles. The fourth-order valence-corrected chi connectivity index (χ4v) is 4.11. The Morgan fingerprint density at radius 1 is 0.786 bits per heavy atom. The third-order valence-corrected chi connectivity index (χ3v) is 5.70. The van der Waals surface area contributed by atoms with Crippen LogP contribution in [0.2, 0.25) is 5.02 Å². The van der Waals surface area contributed by atoms with Gasteiger partial charge in [-0.15, -0.1) is 0 Å². The molecule has 5 rings (SSSR count). The molecule has 3 nitrogen and oxygen atoms in total. The van der Waals surface area contributed by atoms with E-state index in [2.05, 4.69) is 6.07 Å². The molecule has 4 heteroatoms. The molecule has 1 heterocycles. The third-order valence-electron chi connectivity index (χ3n) is 5.45. The SMILES string of the molecule is CC[C@]1(c2ccc(Cl)cc2)Oc2c(c3ccccc3c3ccccc23)OC1=O. The van der Waals surface area contributed by atoms with Crippen LogP contribution < -0.4 is 9.47 Å². The van der Waals surface area contributed by atoms with Crippen molar-refractivity contribution in [3.63, 3.8) is 0 Å². The first-order chi connectivity index (χ1) is 13.6. The first-order valence-corrected chi connectivity index (χ1v) is 9.62. The summed E-state index contributed by atoms with van der Waals surface area (Å²) in [6.07, 6.45) is 0.439. The summed E-state index contributed by atoms with van der Waals surface area (Å²) < 4.78 is 12.5. The summed E-state index contributed by atoms with van der Waals surface area (Å²) >= 11 is 6.04. The Labute approximate surface area is 167 Å². The molecule has 1 aliphatic rings. The van der Waals surface area contributed by atoms with Gasteiger partial charge in [0.05, 0.1) is 0 Å². The zero-order valence-corrected chi connectivity index (χ0v) is 16.0. The lowest BCUT2D eigenvalue weighted by molar-refractivity contribution is -0.157. The Hall–Kier alpha value is -3.04. The first-order valence-electron chi connectivity index (χ1n) is 9.25. The van der Waals surface area contributed by atoms with Crippen LogP contribution in [-0.4, -0.2) is 5.97 Å². The highest BCUT2D eigenvalue weighted by Gasteiger charge is 2.48. The van der Waals surface area contributed by atoms with Crippen LogP contribution in [0.4, 0.5) is 0 Å². The van der Waals surface area contributed by atoms with Crippen molar-refractivity contribution >= 4 is 39.1 Å². The zero-order valence-electron chi connectivity index (χ0n) is 15.2. The molecule has 1 atom stereocenters. The van der Waals surface area contributed by atoms with Crippen molar-refractivity contribution in [2.45, 2.75) is 18.9 Å². The number of halogens is 1. The number of carbonyl (C=O) groups is 1. The Balaban J connectivity index is 1.82. The summed E-state index contributed by atoms with van der Waals surface area (Å²) in [6, 6.07) is 23.1. The maximum absolute atomic E-state index is 13.2. The third kappa shape index (κ3) is 2.33. The van der Waals surface area contributed by atoms with Crippen LogP contribution in [-0.2, 0) is 10.4 Å². The largest absolute Gasteiger partial charge is 0.466 e. The van der Waals surface area contributed by atoms with Gasteiger partial charge in [-0.2, -0.15) is 0 Å². The van der Waals surface area contributed by atoms with E-state index in [-0.39, 0.29) is 0 Å². The Morgan fingerprint density at radius 3 is 1.89 bits per heavy atom. The van der Waals surface area contributed by atoms with E-state index in [4.69, 9.17) is 21.1 Å². The maximum atomic E-state index is 13.2. The molecule has 1 aliphatic heterocycles. The molecular formula is C24H17ClO3. The number of ether oxygens (including phenoxy) is 2. The topological polar surface area (TPSA) is 35.5 Å². The van der Waals surface area contributed by atoms with Crippen LogP contribution in [0.3, 0.4) is 0 Å². The highest BCUT2D eigenvalue weighted by molar-refractivity contribution is 6.30. The van der Waals surface area contributed by atoms with Crippen molar-refractivity contribution in [2.24, 2.45) is 0 Å². The first kappa shape index (κ1) is 17.1. The molecule has 0 bridgehead atoms. The van der Waals surface area contributed by atoms with Crippen LogP contribution in [0, 0.1) is 0 Å². The van der Waals surface area contributed by atoms with E-state index in [1.807, 2.05) is 61.5 Å². The number of hydrogen-bond acceptors (Lipinski definition) is 3. The van der Waals surface area contributed by atoms with Crippen molar-refractivity contribution in [1.29, 1.82) is 0 Å². The van der Waals surface area contributed by atoms with E-state index in [0.717, 1.165) is 27.1 Å². The minimum atomic E-state index is -1.21. The molecule has 0 amide bonds. The van der Waals surface area contributed by atoms with Crippen LogP contribution in [0.15, 0.2) is 72.8 Å². The summed E-state index contributed by atoms with van der Waals surface area (Å²) in [5, 5.41) is 4.50. The van der Waals surface area contributed by atoms with Gasteiger partial charge in [0, 0.05) is 21.4 Å². The highest BCUT2D eigenvalue weighted by Crippen LogP contribution is 2.50. The molecule has 4 aromatic rings. The molecule has 0 fully saturated rings. The minimum Gasteiger partial charge on any atom is -0.466 e. The molecule has 0 radical (unpaired) electrons. The van der Waals surface area contributed by atoms with Crippen LogP contribution in [0.1, 0.15) is 18.9 Å². The molecule has 28 heavy (non-hydrogen) atoms. The summed E-state index contributed by atoms with van der Waals surface area (Å²) in [6.45, 7) is 1.92. The molecule has 0 saturated heterocycles. The van der Waals surface area contributed by atoms with Gasteiger partial charge in [0.15, 0.2) is 11.5 Å². The Kier molecular flexibility index (Phi) is 3.81. The standard InChI is InChI=1S/C24H17ClO3/c1-2-24(15-11-13-16(25)14-12-15)23(26)27-21-19-9-5-3-7-17(19)18-8-4-6-10-20(18)22(21)28-24/h3-14H,2H2,1H3/t24-/m1/s1. The van der Waals surface area contributed by atoms with Gasteiger partial charge >= 0.3 is 5.97 Å². The van der Waals surface area contributed by atoms with Gasteiger partial charge in [0.1, 0.15) is 0 Å². The van der Waals surface area contributed by atoms with E-state index < -0.39 is 11.6 Å². The van der Waals surface area contributed by atoms with Crippen molar-refractivity contribution in [2.75, 3.05) is 0 Å². The van der Waals surface area contributed by atoms with Gasteiger partial charge in [-0.3, -0.25) is 0 Å². The summed E-state index contributed by atoms with van der Waals surface area (Å²) in [5.41, 5.74) is -0.477. The zero-order chi connectivity index (χ0) is 19.3. The second kappa shape index (κ2) is 6.25. The van der Waals surface area contributed by atoms with Crippen LogP contribution in [0.5, 0.6) is 11.5 Å². The normalized spacial score (nSPS) is 18.6. The Bertz CT molecular complexity index is 1230. The molecule has 0 unspecified atom stereocenters. The van der Waals surface area contributed by atoms with Gasteiger partial charge in [0.2, 0.25) is 5.60 Å². The molecule has 4 aromatic carbocycles. The lowest BCUT2D eigenvalue weighted by Gasteiger charge is -2.37. The predicted octanol–water partition coefficient (Wildman–Crippen LogP) is 6.25. The number of hydrogen-bond donors (Lipinski definition) is 0. The average molecular weight is 389 g/mol. The smallest absolute Gasteiger partial charge is 0.360 e. The second-order valence-corrected chi connectivity index (χ2v) is 7.36. The molecular weight excluding hydrogens is 372 g/mol. The average Bonchev–Trinajstić information content (AvgIpc) is 2.74. The number of esters is 1. The number of carbonyl (C=O) groups excluding carboxylic acids is 1. The molecule has 0 N–H and O–H groups in total. The molecule has 138 valence electrons.